The van der Waals surface area contributed by atoms with E-state index in [-0.39, 0.29) is 24.6 Å². The van der Waals surface area contributed by atoms with Crippen molar-refractivity contribution in [2.24, 2.45) is 0 Å². The summed E-state index contributed by atoms with van der Waals surface area (Å²) in [5.74, 6) is -0.798. The molecule has 1 aliphatic carbocycles. The maximum absolute atomic E-state index is 10.8. The number of carbonyl (C=O) groups is 1. The Bertz CT molecular complexity index is 258. The van der Waals surface area contributed by atoms with E-state index in [2.05, 4.69) is 4.90 Å². The first-order chi connectivity index (χ1) is 7.68. The van der Waals surface area contributed by atoms with Crippen LogP contribution in [0, 0.1) is 0 Å². The number of carboxylic acid groups (broad SMARTS) is 1. The van der Waals surface area contributed by atoms with E-state index >= 15 is 0 Å². The maximum Gasteiger partial charge on any atom is 0.305 e. The molecule has 2 aliphatic rings. The molecule has 0 aromatic heterocycles. The molecule has 5 nitrogen and oxygen atoms in total. The number of carboxylic acids is 1. The lowest BCUT2D eigenvalue weighted by molar-refractivity contribution is -0.141. The van der Waals surface area contributed by atoms with Crippen LogP contribution in [0.3, 0.4) is 0 Å². The van der Waals surface area contributed by atoms with Gasteiger partial charge in [0.15, 0.2) is 0 Å². The van der Waals surface area contributed by atoms with Crippen LogP contribution in [0.5, 0.6) is 0 Å². The highest BCUT2D eigenvalue weighted by Crippen LogP contribution is 2.27. The summed E-state index contributed by atoms with van der Waals surface area (Å²) in [6.45, 7) is 1.84. The van der Waals surface area contributed by atoms with Crippen molar-refractivity contribution < 1.29 is 19.7 Å². The van der Waals surface area contributed by atoms with Gasteiger partial charge in [-0.25, -0.2) is 0 Å². The van der Waals surface area contributed by atoms with E-state index in [4.69, 9.17) is 9.84 Å². The summed E-state index contributed by atoms with van der Waals surface area (Å²) in [6, 6.07) is 0.0530. The Morgan fingerprint density at radius 3 is 2.88 bits per heavy atom. The third-order valence-corrected chi connectivity index (χ3v) is 3.55. The molecule has 0 radical (unpaired) electrons. The molecule has 3 unspecified atom stereocenters. The second-order valence-corrected chi connectivity index (χ2v) is 4.63. The highest BCUT2D eigenvalue weighted by molar-refractivity contribution is 5.67. The minimum Gasteiger partial charge on any atom is -0.481 e. The summed E-state index contributed by atoms with van der Waals surface area (Å²) in [7, 11) is 0. The molecule has 1 saturated heterocycles. The van der Waals surface area contributed by atoms with Gasteiger partial charge in [-0.3, -0.25) is 9.69 Å². The van der Waals surface area contributed by atoms with E-state index in [1.54, 1.807) is 0 Å². The largest absolute Gasteiger partial charge is 0.481 e. The highest BCUT2D eigenvalue weighted by atomic mass is 16.5. The van der Waals surface area contributed by atoms with Crippen molar-refractivity contribution >= 4 is 5.97 Å². The summed E-state index contributed by atoms with van der Waals surface area (Å²) >= 11 is 0. The van der Waals surface area contributed by atoms with E-state index in [0.717, 1.165) is 25.8 Å². The predicted molar refractivity (Wildman–Crippen MR) is 57.2 cm³/mol. The van der Waals surface area contributed by atoms with E-state index < -0.39 is 5.97 Å². The zero-order chi connectivity index (χ0) is 11.5. The first-order valence-electron chi connectivity index (χ1n) is 5.92. The van der Waals surface area contributed by atoms with Crippen LogP contribution in [-0.4, -0.2) is 59.0 Å². The Hall–Kier alpha value is -0.650. The molecule has 0 bridgehead atoms. The summed E-state index contributed by atoms with van der Waals surface area (Å²) in [4.78, 5) is 12.9. The van der Waals surface area contributed by atoms with Crippen molar-refractivity contribution in [2.75, 3.05) is 19.8 Å². The molecule has 0 amide bonds. The molecule has 3 atom stereocenters. The lowest BCUT2D eigenvalue weighted by Gasteiger charge is -2.40. The Morgan fingerprint density at radius 1 is 1.44 bits per heavy atom. The van der Waals surface area contributed by atoms with Gasteiger partial charge in [0, 0.05) is 18.6 Å². The second-order valence-electron chi connectivity index (χ2n) is 4.63. The predicted octanol–water partition coefficient (Wildman–Crippen LogP) is 0.0753. The first kappa shape index (κ1) is 11.8. The monoisotopic (exact) mass is 229 g/mol. The number of aliphatic hydroxyl groups excluding tert-OH is 1. The molecular formula is C11H19NO4. The van der Waals surface area contributed by atoms with Gasteiger partial charge in [-0.05, 0) is 19.3 Å². The SMILES string of the molecule is O=C(O)CC1COCCN1C1CCCC1O. The molecule has 5 heteroatoms. The fourth-order valence-corrected chi connectivity index (χ4v) is 2.79. The van der Waals surface area contributed by atoms with Crippen LogP contribution in [0.2, 0.25) is 0 Å². The van der Waals surface area contributed by atoms with Gasteiger partial charge < -0.3 is 14.9 Å². The number of aliphatic carboxylic acids is 1. The topological polar surface area (TPSA) is 70.0 Å². The van der Waals surface area contributed by atoms with Gasteiger partial charge in [0.25, 0.3) is 0 Å². The van der Waals surface area contributed by atoms with Crippen LogP contribution in [0.15, 0.2) is 0 Å². The van der Waals surface area contributed by atoms with Crippen molar-refractivity contribution in [3.63, 3.8) is 0 Å². The highest BCUT2D eigenvalue weighted by Gasteiger charge is 2.36. The number of aliphatic hydroxyl groups is 1. The third-order valence-electron chi connectivity index (χ3n) is 3.55. The molecule has 1 saturated carbocycles. The van der Waals surface area contributed by atoms with Gasteiger partial charge in [0.1, 0.15) is 0 Å². The number of nitrogens with zero attached hydrogens (tertiary/aromatic N) is 1. The van der Waals surface area contributed by atoms with Crippen LogP contribution in [0.25, 0.3) is 0 Å². The Balaban J connectivity index is 2.00. The van der Waals surface area contributed by atoms with Crippen molar-refractivity contribution in [1.29, 1.82) is 0 Å². The molecule has 1 heterocycles. The first-order valence-corrected chi connectivity index (χ1v) is 5.92. The Morgan fingerprint density at radius 2 is 2.25 bits per heavy atom. The van der Waals surface area contributed by atoms with E-state index in [1.807, 2.05) is 0 Å². The molecule has 0 spiro atoms. The zero-order valence-electron chi connectivity index (χ0n) is 9.34. The van der Waals surface area contributed by atoms with Crippen LogP contribution >= 0.6 is 0 Å². The van der Waals surface area contributed by atoms with Gasteiger partial charge in [0.2, 0.25) is 0 Å². The number of morpholine rings is 1. The zero-order valence-corrected chi connectivity index (χ0v) is 9.34. The second kappa shape index (κ2) is 5.12. The maximum atomic E-state index is 10.8. The van der Waals surface area contributed by atoms with Gasteiger partial charge in [-0.15, -0.1) is 0 Å². The van der Waals surface area contributed by atoms with Gasteiger partial charge in [0.05, 0.1) is 25.7 Å². The van der Waals surface area contributed by atoms with Gasteiger partial charge in [-0.2, -0.15) is 0 Å². The number of hydrogen-bond donors (Lipinski definition) is 2. The van der Waals surface area contributed by atoms with Gasteiger partial charge >= 0.3 is 5.97 Å². The fourth-order valence-electron chi connectivity index (χ4n) is 2.79. The average Bonchev–Trinajstić information content (AvgIpc) is 2.64. The normalized spacial score (nSPS) is 36.4. The molecule has 1 aliphatic heterocycles. The molecule has 92 valence electrons. The quantitative estimate of drug-likeness (QED) is 0.717. The fraction of sp³-hybridized carbons (Fsp3) is 0.909. The minimum atomic E-state index is -0.798. The molecule has 0 aromatic carbocycles. The number of hydrogen-bond acceptors (Lipinski definition) is 4. The van der Waals surface area contributed by atoms with Crippen molar-refractivity contribution in [1.82, 2.24) is 4.90 Å². The summed E-state index contributed by atoms with van der Waals surface area (Å²) in [5.41, 5.74) is 0. The van der Waals surface area contributed by atoms with Crippen LogP contribution in [-0.2, 0) is 9.53 Å². The molecule has 0 aromatic rings. The van der Waals surface area contributed by atoms with E-state index in [9.17, 15) is 9.90 Å². The van der Waals surface area contributed by atoms with E-state index in [0.29, 0.717) is 13.2 Å². The van der Waals surface area contributed by atoms with Crippen LogP contribution in [0.1, 0.15) is 25.7 Å². The van der Waals surface area contributed by atoms with Crippen molar-refractivity contribution in [3.05, 3.63) is 0 Å². The summed E-state index contributed by atoms with van der Waals surface area (Å²) in [5, 5.41) is 18.7. The molecular weight excluding hydrogens is 210 g/mol. The minimum absolute atomic E-state index is 0.0796. The Kier molecular flexibility index (Phi) is 3.78. The molecule has 2 fully saturated rings. The lowest BCUT2D eigenvalue weighted by Crippen LogP contribution is -2.53. The number of ether oxygens (including phenoxy) is 1. The third kappa shape index (κ3) is 2.53. The molecule has 2 rings (SSSR count). The molecule has 2 N–H and O–H groups in total. The standard InChI is InChI=1S/C11H19NO4/c13-10-3-1-2-9(10)12-4-5-16-7-8(12)6-11(14)15/h8-10,13H,1-7H2,(H,14,15). The van der Waals surface area contributed by atoms with Crippen LogP contribution < -0.4 is 0 Å². The van der Waals surface area contributed by atoms with E-state index in [1.165, 1.54) is 0 Å². The van der Waals surface area contributed by atoms with Crippen molar-refractivity contribution in [3.8, 4) is 0 Å². The summed E-state index contributed by atoms with van der Waals surface area (Å²) in [6.07, 6.45) is 2.64. The van der Waals surface area contributed by atoms with Gasteiger partial charge in [-0.1, -0.05) is 0 Å². The number of rotatable bonds is 3. The summed E-state index contributed by atoms with van der Waals surface area (Å²) < 4.78 is 5.32. The smallest absolute Gasteiger partial charge is 0.305 e. The van der Waals surface area contributed by atoms with Crippen LogP contribution in [0.4, 0.5) is 0 Å². The lowest BCUT2D eigenvalue weighted by atomic mass is 10.1. The average molecular weight is 229 g/mol. The molecule has 16 heavy (non-hydrogen) atoms. The Labute approximate surface area is 95.0 Å². The van der Waals surface area contributed by atoms with Crippen molar-refractivity contribution in [2.45, 2.75) is 43.9 Å².